The average Bonchev–Trinajstić information content (AvgIpc) is 3.07. The summed E-state index contributed by atoms with van der Waals surface area (Å²) in [7, 11) is 0. The fraction of sp³-hybridized carbons (Fsp3) is 0.529. The summed E-state index contributed by atoms with van der Waals surface area (Å²) in [4.78, 5) is 22.6. The number of carbonyl (C=O) groups is 1. The zero-order valence-corrected chi connectivity index (χ0v) is 14.6. The fourth-order valence-electron chi connectivity index (χ4n) is 2.61. The number of ether oxygens (including phenoxy) is 1. The number of hydrogen-bond acceptors (Lipinski definition) is 7. The summed E-state index contributed by atoms with van der Waals surface area (Å²) < 4.78 is 10.6. The Labute approximate surface area is 146 Å². The van der Waals surface area contributed by atoms with E-state index in [0.717, 1.165) is 17.9 Å². The van der Waals surface area contributed by atoms with Gasteiger partial charge in [-0.25, -0.2) is 4.98 Å². The van der Waals surface area contributed by atoms with Gasteiger partial charge >= 0.3 is 0 Å². The Balaban J connectivity index is 1.59. The van der Waals surface area contributed by atoms with Crippen LogP contribution in [0.4, 0.5) is 5.82 Å². The van der Waals surface area contributed by atoms with Crippen molar-refractivity contribution in [2.45, 2.75) is 26.8 Å². The predicted octanol–water partition coefficient (Wildman–Crippen LogP) is 1.75. The van der Waals surface area contributed by atoms with E-state index in [1.807, 2.05) is 6.07 Å². The molecule has 0 atom stereocenters. The molecule has 0 bridgehead atoms. The van der Waals surface area contributed by atoms with Gasteiger partial charge in [-0.3, -0.25) is 9.78 Å². The molecule has 0 saturated carbocycles. The second-order valence-electron chi connectivity index (χ2n) is 6.43. The lowest BCUT2D eigenvalue weighted by atomic mass is 10.1. The Morgan fingerprint density at radius 1 is 1.32 bits per heavy atom. The zero-order valence-electron chi connectivity index (χ0n) is 14.6. The number of amides is 1. The van der Waals surface area contributed by atoms with Gasteiger partial charge in [0.15, 0.2) is 5.76 Å². The highest BCUT2D eigenvalue weighted by atomic mass is 16.5. The van der Waals surface area contributed by atoms with E-state index in [1.54, 1.807) is 11.1 Å². The van der Waals surface area contributed by atoms with Crippen molar-refractivity contribution < 1.29 is 14.1 Å². The second kappa shape index (κ2) is 8.06. The third kappa shape index (κ3) is 4.76. The van der Waals surface area contributed by atoms with Gasteiger partial charge in [0.2, 0.25) is 0 Å². The summed E-state index contributed by atoms with van der Waals surface area (Å²) >= 11 is 0. The molecule has 2 aromatic heterocycles. The van der Waals surface area contributed by atoms with Gasteiger partial charge in [0, 0.05) is 19.2 Å². The lowest BCUT2D eigenvalue weighted by molar-refractivity contribution is 0.0299. The van der Waals surface area contributed by atoms with Crippen molar-refractivity contribution in [2.75, 3.05) is 31.6 Å². The van der Waals surface area contributed by atoms with Gasteiger partial charge in [-0.15, -0.1) is 0 Å². The molecule has 0 radical (unpaired) electrons. The average molecular weight is 345 g/mol. The molecule has 0 aliphatic carbocycles. The largest absolute Gasteiger partial charge is 0.378 e. The van der Waals surface area contributed by atoms with Crippen LogP contribution in [-0.2, 0) is 17.7 Å². The summed E-state index contributed by atoms with van der Waals surface area (Å²) in [6.07, 6.45) is 3.95. The van der Waals surface area contributed by atoms with Crippen molar-refractivity contribution in [3.63, 3.8) is 0 Å². The van der Waals surface area contributed by atoms with Crippen molar-refractivity contribution in [1.82, 2.24) is 20.0 Å². The summed E-state index contributed by atoms with van der Waals surface area (Å²) in [5.41, 5.74) is 1.26. The molecule has 1 saturated heterocycles. The number of nitrogens with one attached hydrogen (secondary N) is 1. The molecule has 1 amide bonds. The van der Waals surface area contributed by atoms with E-state index in [1.165, 1.54) is 6.20 Å². The van der Waals surface area contributed by atoms with E-state index in [4.69, 9.17) is 9.26 Å². The number of anilines is 1. The van der Waals surface area contributed by atoms with Gasteiger partial charge in [-0.1, -0.05) is 19.0 Å². The van der Waals surface area contributed by atoms with E-state index in [2.05, 4.69) is 34.3 Å². The molecule has 8 heteroatoms. The maximum atomic E-state index is 12.4. The molecular weight excluding hydrogens is 322 g/mol. The Kier molecular flexibility index (Phi) is 5.60. The molecular formula is C17H23N5O3. The van der Waals surface area contributed by atoms with Gasteiger partial charge in [-0.2, -0.15) is 0 Å². The number of hydrogen-bond donors (Lipinski definition) is 1. The summed E-state index contributed by atoms with van der Waals surface area (Å²) in [6.45, 7) is 6.99. The number of carbonyl (C=O) groups excluding carboxylic acids is 1. The van der Waals surface area contributed by atoms with Crippen LogP contribution >= 0.6 is 0 Å². The first-order valence-electron chi connectivity index (χ1n) is 8.49. The summed E-state index contributed by atoms with van der Waals surface area (Å²) in [5.74, 6) is 1.65. The van der Waals surface area contributed by atoms with E-state index in [9.17, 15) is 4.79 Å². The first-order valence-corrected chi connectivity index (χ1v) is 8.49. The Morgan fingerprint density at radius 3 is 2.88 bits per heavy atom. The van der Waals surface area contributed by atoms with Crippen molar-refractivity contribution in [3.8, 4) is 0 Å². The molecule has 3 rings (SSSR count). The third-order valence-electron chi connectivity index (χ3n) is 3.82. The maximum absolute atomic E-state index is 12.4. The van der Waals surface area contributed by atoms with Crippen molar-refractivity contribution in [3.05, 3.63) is 35.6 Å². The van der Waals surface area contributed by atoms with Gasteiger partial charge in [0.05, 0.1) is 37.8 Å². The summed E-state index contributed by atoms with van der Waals surface area (Å²) in [5, 5.41) is 7.17. The van der Waals surface area contributed by atoms with Crippen LogP contribution in [0.5, 0.6) is 0 Å². The van der Waals surface area contributed by atoms with Gasteiger partial charge < -0.3 is 19.5 Å². The second-order valence-corrected chi connectivity index (χ2v) is 6.43. The van der Waals surface area contributed by atoms with E-state index in [0.29, 0.717) is 50.3 Å². The quantitative estimate of drug-likeness (QED) is 0.852. The van der Waals surface area contributed by atoms with Crippen LogP contribution in [0.2, 0.25) is 0 Å². The molecule has 0 spiro atoms. The predicted molar refractivity (Wildman–Crippen MR) is 91.1 cm³/mol. The molecule has 1 aliphatic rings. The highest BCUT2D eigenvalue weighted by Crippen LogP contribution is 2.12. The fourth-order valence-corrected chi connectivity index (χ4v) is 2.61. The third-order valence-corrected chi connectivity index (χ3v) is 3.82. The van der Waals surface area contributed by atoms with Gasteiger partial charge in [0.1, 0.15) is 11.5 Å². The molecule has 1 aliphatic heterocycles. The number of morpholine rings is 1. The normalized spacial score (nSPS) is 14.8. The van der Waals surface area contributed by atoms with Crippen LogP contribution in [-0.4, -0.2) is 52.2 Å². The minimum atomic E-state index is -0.127. The molecule has 25 heavy (non-hydrogen) atoms. The number of rotatable bonds is 6. The monoisotopic (exact) mass is 345 g/mol. The molecule has 0 aromatic carbocycles. The van der Waals surface area contributed by atoms with E-state index >= 15 is 0 Å². The standard InChI is InChI=1S/C17H23N5O3/c1-12(2)7-13-8-14(25-21-13)9-19-16-11-18-10-15(20-16)17(23)22-3-5-24-6-4-22/h8,10-12H,3-7,9H2,1-2H3,(H,19,20). The molecule has 2 aromatic rings. The molecule has 1 N–H and O–H groups in total. The van der Waals surface area contributed by atoms with Crippen LogP contribution in [0.25, 0.3) is 0 Å². The van der Waals surface area contributed by atoms with Crippen LogP contribution in [0.1, 0.15) is 35.8 Å². The van der Waals surface area contributed by atoms with Gasteiger partial charge in [0.25, 0.3) is 5.91 Å². The molecule has 134 valence electrons. The molecule has 0 unspecified atom stereocenters. The topological polar surface area (TPSA) is 93.4 Å². The smallest absolute Gasteiger partial charge is 0.274 e. The van der Waals surface area contributed by atoms with Crippen LogP contribution < -0.4 is 5.32 Å². The van der Waals surface area contributed by atoms with Crippen LogP contribution in [0, 0.1) is 5.92 Å². The van der Waals surface area contributed by atoms with Crippen molar-refractivity contribution in [1.29, 1.82) is 0 Å². The summed E-state index contributed by atoms with van der Waals surface area (Å²) in [6, 6.07) is 1.93. The Bertz CT molecular complexity index is 710. The van der Waals surface area contributed by atoms with Crippen LogP contribution in [0.15, 0.2) is 23.0 Å². The molecule has 3 heterocycles. The lowest BCUT2D eigenvalue weighted by Gasteiger charge is -2.26. The minimum Gasteiger partial charge on any atom is -0.378 e. The zero-order chi connectivity index (χ0) is 17.6. The minimum absolute atomic E-state index is 0.127. The number of aromatic nitrogens is 3. The SMILES string of the molecule is CC(C)Cc1cc(CNc2cncc(C(=O)N3CCOCC3)n2)on1. The molecule has 8 nitrogen and oxygen atoms in total. The Morgan fingerprint density at radius 2 is 2.12 bits per heavy atom. The van der Waals surface area contributed by atoms with Crippen molar-refractivity contribution in [2.24, 2.45) is 5.92 Å². The van der Waals surface area contributed by atoms with E-state index in [-0.39, 0.29) is 5.91 Å². The lowest BCUT2D eigenvalue weighted by Crippen LogP contribution is -2.41. The maximum Gasteiger partial charge on any atom is 0.274 e. The Hall–Kier alpha value is -2.48. The highest BCUT2D eigenvalue weighted by Gasteiger charge is 2.20. The van der Waals surface area contributed by atoms with Crippen LogP contribution in [0.3, 0.4) is 0 Å². The number of nitrogens with zero attached hydrogens (tertiary/aromatic N) is 4. The first-order chi connectivity index (χ1) is 12.1. The van der Waals surface area contributed by atoms with Gasteiger partial charge in [-0.05, 0) is 12.3 Å². The van der Waals surface area contributed by atoms with Crippen molar-refractivity contribution >= 4 is 11.7 Å². The van der Waals surface area contributed by atoms with E-state index < -0.39 is 0 Å². The first kappa shape index (κ1) is 17.3. The highest BCUT2D eigenvalue weighted by molar-refractivity contribution is 5.92. The molecule has 1 fully saturated rings.